The second-order valence-corrected chi connectivity index (χ2v) is 7.96. The molecule has 1 aromatic heterocycles. The van der Waals surface area contributed by atoms with Gasteiger partial charge in [-0.25, -0.2) is 0 Å². The molecule has 1 heterocycles. The lowest BCUT2D eigenvalue weighted by Gasteiger charge is -2.52. The third kappa shape index (κ3) is 2.42. The Balaban J connectivity index is 1.56. The summed E-state index contributed by atoms with van der Waals surface area (Å²) in [5.41, 5.74) is 5.92. The highest BCUT2D eigenvalue weighted by atomic mass is 16.2. The number of carbonyl (C=O) groups is 1. The molecule has 3 nitrogen and oxygen atoms in total. The number of fused-ring (bicyclic) bond motifs is 1. The van der Waals surface area contributed by atoms with Crippen molar-refractivity contribution in [3.8, 4) is 0 Å². The normalized spacial score (nSPS) is 24.3. The number of amides is 1. The van der Waals surface area contributed by atoms with Gasteiger partial charge in [0.05, 0.1) is 17.7 Å². The van der Waals surface area contributed by atoms with Gasteiger partial charge in [0.1, 0.15) is 0 Å². The fraction of sp³-hybridized carbons (Fsp3) is 0.280. The first kappa shape index (κ1) is 17.2. The maximum Gasteiger partial charge on any atom is 0.227 e. The van der Waals surface area contributed by atoms with Gasteiger partial charge in [0.15, 0.2) is 0 Å². The van der Waals surface area contributed by atoms with Gasteiger partial charge in [-0.3, -0.25) is 9.78 Å². The molecule has 2 aromatic carbocycles. The van der Waals surface area contributed by atoms with E-state index in [0.717, 1.165) is 18.5 Å². The third-order valence-electron chi connectivity index (χ3n) is 6.73. The van der Waals surface area contributed by atoms with Crippen LogP contribution in [0.4, 0.5) is 0 Å². The fourth-order valence-corrected chi connectivity index (χ4v) is 5.40. The maximum absolute atomic E-state index is 13.6. The molecule has 0 spiro atoms. The van der Waals surface area contributed by atoms with Crippen molar-refractivity contribution < 1.29 is 4.79 Å². The number of rotatable bonds is 4. The molecule has 140 valence electrons. The number of nitrogens with zero attached hydrogens (tertiary/aromatic N) is 1. The predicted molar refractivity (Wildman–Crippen MR) is 110 cm³/mol. The molecule has 1 N–H and O–H groups in total. The molecule has 0 saturated carbocycles. The number of hydrogen-bond acceptors (Lipinski definition) is 2. The first-order valence-corrected chi connectivity index (χ1v) is 10.1. The molecule has 1 amide bonds. The number of benzene rings is 2. The van der Waals surface area contributed by atoms with Gasteiger partial charge in [0, 0.05) is 18.0 Å². The molecule has 3 aromatic rings. The van der Waals surface area contributed by atoms with Gasteiger partial charge in [-0.05, 0) is 47.2 Å². The lowest BCUT2D eigenvalue weighted by Crippen LogP contribution is -2.50. The van der Waals surface area contributed by atoms with Crippen molar-refractivity contribution >= 4 is 5.91 Å². The Kier molecular flexibility index (Phi) is 4.04. The van der Waals surface area contributed by atoms with E-state index in [1.54, 1.807) is 6.20 Å². The predicted octanol–water partition coefficient (Wildman–Crippen LogP) is 4.78. The second kappa shape index (κ2) is 6.59. The molecular weight excluding hydrogens is 344 g/mol. The van der Waals surface area contributed by atoms with E-state index in [2.05, 4.69) is 65.8 Å². The third-order valence-corrected chi connectivity index (χ3v) is 6.73. The smallest absolute Gasteiger partial charge is 0.227 e. The van der Waals surface area contributed by atoms with Crippen molar-refractivity contribution in [2.75, 3.05) is 0 Å². The number of pyridine rings is 1. The lowest BCUT2D eigenvalue weighted by molar-refractivity contribution is -0.134. The van der Waals surface area contributed by atoms with E-state index in [1.807, 2.05) is 18.2 Å². The molecule has 3 heteroatoms. The average molecular weight is 368 g/mol. The summed E-state index contributed by atoms with van der Waals surface area (Å²) < 4.78 is 0. The number of hydrogen-bond donors (Lipinski definition) is 1. The molecule has 3 aliphatic carbocycles. The van der Waals surface area contributed by atoms with Crippen LogP contribution in [0, 0.1) is 5.41 Å². The van der Waals surface area contributed by atoms with Crippen LogP contribution in [0.5, 0.6) is 0 Å². The summed E-state index contributed by atoms with van der Waals surface area (Å²) in [6, 6.07) is 23.2. The van der Waals surface area contributed by atoms with Crippen LogP contribution in [0.1, 0.15) is 59.5 Å². The Morgan fingerprint density at radius 3 is 2.14 bits per heavy atom. The van der Waals surface area contributed by atoms with Gasteiger partial charge >= 0.3 is 0 Å². The summed E-state index contributed by atoms with van der Waals surface area (Å²) in [6.45, 7) is 2.63. The molecule has 0 fully saturated rings. The van der Waals surface area contributed by atoms with Gasteiger partial charge in [-0.15, -0.1) is 0 Å². The molecule has 0 aliphatic heterocycles. The standard InChI is InChI=1S/C25H24N2O/c1-2-25(24(28)27-16-17-9-7-8-14-26-17)15-22-18-10-3-5-12-20(18)23(25)21-13-6-4-11-19(21)22/h3-14,22-23H,2,15-16H2,1H3,(H,27,28). The van der Waals surface area contributed by atoms with E-state index in [0.29, 0.717) is 6.54 Å². The van der Waals surface area contributed by atoms with Gasteiger partial charge in [0.25, 0.3) is 0 Å². The van der Waals surface area contributed by atoms with Crippen molar-refractivity contribution in [2.45, 2.75) is 38.1 Å². The van der Waals surface area contributed by atoms with Gasteiger partial charge < -0.3 is 5.32 Å². The summed E-state index contributed by atoms with van der Waals surface area (Å²) in [6.07, 6.45) is 3.47. The zero-order valence-electron chi connectivity index (χ0n) is 16.1. The molecule has 1 atom stereocenters. The van der Waals surface area contributed by atoms with Crippen LogP contribution in [0.25, 0.3) is 0 Å². The molecule has 28 heavy (non-hydrogen) atoms. The minimum absolute atomic E-state index is 0.110. The highest BCUT2D eigenvalue weighted by molar-refractivity contribution is 5.86. The van der Waals surface area contributed by atoms with Crippen molar-refractivity contribution in [1.82, 2.24) is 10.3 Å². The summed E-state index contributed by atoms with van der Waals surface area (Å²) >= 11 is 0. The van der Waals surface area contributed by atoms with Crippen LogP contribution in [0.2, 0.25) is 0 Å². The Bertz CT molecular complexity index is 982. The highest BCUT2D eigenvalue weighted by Gasteiger charge is 2.55. The molecule has 1 unspecified atom stereocenters. The van der Waals surface area contributed by atoms with E-state index >= 15 is 0 Å². The Labute approximate surface area is 165 Å². The van der Waals surface area contributed by atoms with Crippen LogP contribution in [-0.4, -0.2) is 10.9 Å². The van der Waals surface area contributed by atoms with Crippen molar-refractivity contribution in [1.29, 1.82) is 0 Å². The SMILES string of the molecule is CCC1(C(=O)NCc2ccccn2)CC2c3ccccc3C1c1ccccc12. The molecule has 6 rings (SSSR count). The van der Waals surface area contributed by atoms with Gasteiger partial charge in [0.2, 0.25) is 5.91 Å². The second-order valence-electron chi connectivity index (χ2n) is 7.96. The largest absolute Gasteiger partial charge is 0.350 e. The minimum Gasteiger partial charge on any atom is -0.350 e. The highest BCUT2D eigenvalue weighted by Crippen LogP contribution is 2.62. The Morgan fingerprint density at radius 1 is 0.964 bits per heavy atom. The van der Waals surface area contributed by atoms with Crippen molar-refractivity contribution in [2.24, 2.45) is 5.41 Å². The number of nitrogens with one attached hydrogen (secondary N) is 1. The molecule has 3 aliphatic rings. The van der Waals surface area contributed by atoms with Crippen molar-refractivity contribution in [3.05, 3.63) is 101 Å². The average Bonchev–Trinajstić information content (AvgIpc) is 2.78. The van der Waals surface area contributed by atoms with Crippen LogP contribution in [0.3, 0.4) is 0 Å². The van der Waals surface area contributed by atoms with Gasteiger partial charge in [-0.2, -0.15) is 0 Å². The van der Waals surface area contributed by atoms with Crippen LogP contribution < -0.4 is 5.32 Å². The molecule has 2 bridgehead atoms. The topological polar surface area (TPSA) is 42.0 Å². The Hall–Kier alpha value is -2.94. The summed E-state index contributed by atoms with van der Waals surface area (Å²) in [5, 5.41) is 3.21. The van der Waals surface area contributed by atoms with Gasteiger partial charge in [-0.1, -0.05) is 61.5 Å². The summed E-state index contributed by atoms with van der Waals surface area (Å²) in [5.74, 6) is 0.552. The molecule has 0 radical (unpaired) electrons. The lowest BCUT2D eigenvalue weighted by atomic mass is 9.51. The van der Waals surface area contributed by atoms with Crippen LogP contribution in [-0.2, 0) is 11.3 Å². The quantitative estimate of drug-likeness (QED) is 0.720. The van der Waals surface area contributed by atoms with E-state index in [-0.39, 0.29) is 17.7 Å². The monoisotopic (exact) mass is 368 g/mol. The Morgan fingerprint density at radius 2 is 1.57 bits per heavy atom. The maximum atomic E-state index is 13.6. The van der Waals surface area contributed by atoms with E-state index in [4.69, 9.17) is 0 Å². The van der Waals surface area contributed by atoms with Crippen LogP contribution >= 0.6 is 0 Å². The number of aromatic nitrogens is 1. The van der Waals surface area contributed by atoms with E-state index in [9.17, 15) is 4.79 Å². The van der Waals surface area contributed by atoms with E-state index < -0.39 is 5.41 Å². The number of carbonyl (C=O) groups excluding carboxylic acids is 1. The van der Waals surface area contributed by atoms with Crippen LogP contribution in [0.15, 0.2) is 72.9 Å². The van der Waals surface area contributed by atoms with Crippen molar-refractivity contribution in [3.63, 3.8) is 0 Å². The first-order valence-electron chi connectivity index (χ1n) is 10.1. The minimum atomic E-state index is -0.415. The fourth-order valence-electron chi connectivity index (χ4n) is 5.40. The first-order chi connectivity index (χ1) is 13.7. The summed E-state index contributed by atoms with van der Waals surface area (Å²) in [4.78, 5) is 17.9. The van der Waals surface area contributed by atoms with E-state index in [1.165, 1.54) is 22.3 Å². The molecule has 0 saturated heterocycles. The zero-order valence-corrected chi connectivity index (χ0v) is 16.1. The molecular formula is C25H24N2O. The summed E-state index contributed by atoms with van der Waals surface area (Å²) in [7, 11) is 0. The zero-order chi connectivity index (χ0) is 19.1.